The van der Waals surface area contributed by atoms with E-state index in [-0.39, 0.29) is 5.91 Å². The van der Waals surface area contributed by atoms with Crippen LogP contribution in [0.1, 0.15) is 24.6 Å². The lowest BCUT2D eigenvalue weighted by Gasteiger charge is -2.05. The minimum atomic E-state index is 0.0753. The van der Waals surface area contributed by atoms with E-state index in [2.05, 4.69) is 20.7 Å². The number of amides is 1. The Balaban J connectivity index is 1.83. The van der Waals surface area contributed by atoms with Crippen LogP contribution < -0.4 is 10.6 Å². The van der Waals surface area contributed by atoms with Crippen molar-refractivity contribution in [2.24, 2.45) is 0 Å². The number of fused-ring (bicyclic) bond motifs is 1. The molecule has 19 heavy (non-hydrogen) atoms. The molecule has 102 valence electrons. The third-order valence-electron chi connectivity index (χ3n) is 2.72. The van der Waals surface area contributed by atoms with Crippen molar-refractivity contribution in [1.82, 2.24) is 25.2 Å². The second-order valence-corrected chi connectivity index (χ2v) is 4.43. The Kier molecular flexibility index (Phi) is 4.46. The molecule has 0 aliphatic heterocycles. The summed E-state index contributed by atoms with van der Waals surface area (Å²) in [7, 11) is 0. The molecule has 0 fully saturated rings. The van der Waals surface area contributed by atoms with Crippen molar-refractivity contribution in [3.8, 4) is 0 Å². The number of nitrogens with one attached hydrogen (secondary N) is 2. The van der Waals surface area contributed by atoms with Crippen molar-refractivity contribution in [2.75, 3.05) is 13.1 Å². The molecule has 2 heterocycles. The number of aryl methyl sites for hydroxylation is 1. The van der Waals surface area contributed by atoms with E-state index in [0.717, 1.165) is 16.9 Å². The zero-order chi connectivity index (χ0) is 13.7. The van der Waals surface area contributed by atoms with Crippen LogP contribution in [0, 0.1) is 6.92 Å². The molecular formula is C13H19N5O. The number of hydrogen-bond donors (Lipinski definition) is 2. The summed E-state index contributed by atoms with van der Waals surface area (Å²) in [6, 6.07) is 1.94. The van der Waals surface area contributed by atoms with Gasteiger partial charge in [-0.05, 0) is 13.8 Å². The first-order valence-electron chi connectivity index (χ1n) is 6.47. The van der Waals surface area contributed by atoms with E-state index < -0.39 is 0 Å². The fourth-order valence-corrected chi connectivity index (χ4v) is 1.85. The SMILES string of the molecule is CCNC(=O)CCNCc1cnc2cc(C)nn2c1. The molecule has 2 aromatic heterocycles. The highest BCUT2D eigenvalue weighted by Gasteiger charge is 2.02. The number of carbonyl (C=O) groups is 1. The normalized spacial score (nSPS) is 10.8. The van der Waals surface area contributed by atoms with Gasteiger partial charge in [0, 0.05) is 50.1 Å². The first-order chi connectivity index (χ1) is 9.19. The van der Waals surface area contributed by atoms with Crippen LogP contribution >= 0.6 is 0 Å². The summed E-state index contributed by atoms with van der Waals surface area (Å²) in [5, 5.41) is 10.3. The fourth-order valence-electron chi connectivity index (χ4n) is 1.85. The molecule has 2 aromatic rings. The topological polar surface area (TPSA) is 71.3 Å². The van der Waals surface area contributed by atoms with Crippen LogP contribution in [0.2, 0.25) is 0 Å². The van der Waals surface area contributed by atoms with Gasteiger partial charge in [-0.15, -0.1) is 0 Å². The quantitative estimate of drug-likeness (QED) is 0.749. The number of carbonyl (C=O) groups excluding carboxylic acids is 1. The third kappa shape index (κ3) is 3.75. The van der Waals surface area contributed by atoms with Gasteiger partial charge in [0.05, 0.1) is 5.69 Å². The van der Waals surface area contributed by atoms with Crippen LogP contribution in [0.4, 0.5) is 0 Å². The smallest absolute Gasteiger partial charge is 0.221 e. The second-order valence-electron chi connectivity index (χ2n) is 4.43. The Labute approximate surface area is 112 Å². The van der Waals surface area contributed by atoms with E-state index in [1.54, 1.807) is 4.52 Å². The molecule has 0 bridgehead atoms. The molecule has 0 saturated carbocycles. The van der Waals surface area contributed by atoms with Crippen LogP contribution in [0.3, 0.4) is 0 Å². The molecule has 2 rings (SSSR count). The maximum absolute atomic E-state index is 11.3. The van der Waals surface area contributed by atoms with Crippen molar-refractivity contribution in [3.05, 3.63) is 29.7 Å². The van der Waals surface area contributed by atoms with Crippen molar-refractivity contribution in [1.29, 1.82) is 0 Å². The molecule has 0 radical (unpaired) electrons. The monoisotopic (exact) mass is 261 g/mol. The third-order valence-corrected chi connectivity index (χ3v) is 2.72. The highest BCUT2D eigenvalue weighted by molar-refractivity contribution is 5.75. The van der Waals surface area contributed by atoms with Gasteiger partial charge < -0.3 is 10.6 Å². The first-order valence-corrected chi connectivity index (χ1v) is 6.47. The molecule has 0 aromatic carbocycles. The van der Waals surface area contributed by atoms with Crippen LogP contribution in [0.25, 0.3) is 5.65 Å². The predicted molar refractivity (Wildman–Crippen MR) is 72.7 cm³/mol. The largest absolute Gasteiger partial charge is 0.356 e. The van der Waals surface area contributed by atoms with Gasteiger partial charge in [0.25, 0.3) is 0 Å². The van der Waals surface area contributed by atoms with Crippen LogP contribution in [-0.2, 0) is 11.3 Å². The van der Waals surface area contributed by atoms with E-state index >= 15 is 0 Å². The highest BCUT2D eigenvalue weighted by Crippen LogP contribution is 2.04. The van der Waals surface area contributed by atoms with Gasteiger partial charge in [-0.2, -0.15) is 5.10 Å². The molecule has 6 nitrogen and oxygen atoms in total. The average Bonchev–Trinajstić information content (AvgIpc) is 2.74. The van der Waals surface area contributed by atoms with Crippen molar-refractivity contribution in [2.45, 2.75) is 26.8 Å². The molecule has 6 heteroatoms. The molecular weight excluding hydrogens is 242 g/mol. The number of hydrogen-bond acceptors (Lipinski definition) is 4. The molecule has 0 spiro atoms. The van der Waals surface area contributed by atoms with E-state index in [1.807, 2.05) is 32.3 Å². The minimum absolute atomic E-state index is 0.0753. The zero-order valence-electron chi connectivity index (χ0n) is 11.3. The summed E-state index contributed by atoms with van der Waals surface area (Å²) in [6.07, 6.45) is 4.27. The predicted octanol–water partition coefficient (Wildman–Crippen LogP) is 0.654. The van der Waals surface area contributed by atoms with E-state index in [4.69, 9.17) is 0 Å². The Morgan fingerprint density at radius 3 is 3.11 bits per heavy atom. The fraction of sp³-hybridized carbons (Fsp3) is 0.462. The van der Waals surface area contributed by atoms with Crippen molar-refractivity contribution in [3.63, 3.8) is 0 Å². The number of rotatable bonds is 6. The van der Waals surface area contributed by atoms with Gasteiger partial charge in [-0.3, -0.25) is 4.79 Å². The Bertz CT molecular complexity index is 563. The van der Waals surface area contributed by atoms with Crippen LogP contribution in [0.5, 0.6) is 0 Å². The Morgan fingerprint density at radius 2 is 2.32 bits per heavy atom. The summed E-state index contributed by atoms with van der Waals surface area (Å²) in [6.45, 7) is 5.87. The lowest BCUT2D eigenvalue weighted by Crippen LogP contribution is -2.27. The van der Waals surface area contributed by atoms with E-state index in [9.17, 15) is 4.79 Å². The summed E-state index contributed by atoms with van der Waals surface area (Å²) in [4.78, 5) is 15.6. The van der Waals surface area contributed by atoms with Gasteiger partial charge in [0.15, 0.2) is 5.65 Å². The second kappa shape index (κ2) is 6.29. The van der Waals surface area contributed by atoms with Crippen molar-refractivity contribution < 1.29 is 4.79 Å². The van der Waals surface area contributed by atoms with E-state index in [0.29, 0.717) is 26.1 Å². The van der Waals surface area contributed by atoms with Crippen LogP contribution in [0.15, 0.2) is 18.5 Å². The summed E-state index contributed by atoms with van der Waals surface area (Å²) in [5.41, 5.74) is 2.85. The standard InChI is InChI=1S/C13H19N5O/c1-3-15-13(19)4-5-14-7-11-8-16-12-6-10(2)17-18(12)9-11/h6,8-9,14H,3-5,7H2,1-2H3,(H,15,19). The molecule has 0 aliphatic rings. The van der Waals surface area contributed by atoms with E-state index in [1.165, 1.54) is 0 Å². The van der Waals surface area contributed by atoms with Crippen molar-refractivity contribution >= 4 is 11.6 Å². The van der Waals surface area contributed by atoms with Gasteiger partial charge in [-0.25, -0.2) is 9.50 Å². The maximum Gasteiger partial charge on any atom is 0.221 e. The van der Waals surface area contributed by atoms with Gasteiger partial charge in [0.1, 0.15) is 0 Å². The molecule has 0 atom stereocenters. The zero-order valence-corrected chi connectivity index (χ0v) is 11.3. The molecule has 0 saturated heterocycles. The van der Waals surface area contributed by atoms with Gasteiger partial charge in [0.2, 0.25) is 5.91 Å². The Morgan fingerprint density at radius 1 is 1.47 bits per heavy atom. The summed E-state index contributed by atoms with van der Waals surface area (Å²) >= 11 is 0. The number of aromatic nitrogens is 3. The minimum Gasteiger partial charge on any atom is -0.356 e. The molecule has 2 N–H and O–H groups in total. The molecule has 0 aliphatic carbocycles. The van der Waals surface area contributed by atoms with Crippen LogP contribution in [-0.4, -0.2) is 33.6 Å². The molecule has 1 amide bonds. The highest BCUT2D eigenvalue weighted by atomic mass is 16.1. The average molecular weight is 261 g/mol. The molecule has 0 unspecified atom stereocenters. The number of nitrogens with zero attached hydrogens (tertiary/aromatic N) is 3. The first kappa shape index (κ1) is 13.5. The van der Waals surface area contributed by atoms with Gasteiger partial charge in [-0.1, -0.05) is 0 Å². The lowest BCUT2D eigenvalue weighted by atomic mass is 10.3. The maximum atomic E-state index is 11.3. The lowest BCUT2D eigenvalue weighted by molar-refractivity contribution is -0.120. The van der Waals surface area contributed by atoms with Gasteiger partial charge >= 0.3 is 0 Å². The summed E-state index contributed by atoms with van der Waals surface area (Å²) < 4.78 is 1.77. The summed E-state index contributed by atoms with van der Waals surface area (Å²) in [5.74, 6) is 0.0753. The Hall–Kier alpha value is -1.95.